The van der Waals surface area contributed by atoms with Crippen LogP contribution < -0.4 is 0 Å². The molecular formula is C23H34N4O3S. The number of hydrogen-bond acceptors (Lipinski definition) is 4. The van der Waals surface area contributed by atoms with E-state index >= 15 is 0 Å². The van der Waals surface area contributed by atoms with Crippen molar-refractivity contribution >= 4 is 27.0 Å². The molecule has 1 amide bonds. The van der Waals surface area contributed by atoms with Crippen LogP contribution in [0.3, 0.4) is 0 Å². The highest BCUT2D eigenvalue weighted by Gasteiger charge is 2.28. The average molecular weight is 447 g/mol. The lowest BCUT2D eigenvalue weighted by atomic mass is 10.00. The summed E-state index contributed by atoms with van der Waals surface area (Å²) in [5.41, 5.74) is 1.64. The molecule has 1 atom stereocenters. The Morgan fingerprint density at radius 3 is 2.65 bits per heavy atom. The molecule has 3 heterocycles. The zero-order chi connectivity index (χ0) is 22.0. The number of carbonyl (C=O) groups is 1. The van der Waals surface area contributed by atoms with Crippen LogP contribution >= 0.6 is 0 Å². The Morgan fingerprint density at radius 2 is 1.94 bits per heavy atom. The van der Waals surface area contributed by atoms with Crippen molar-refractivity contribution in [3.05, 3.63) is 24.0 Å². The Hall–Kier alpha value is -1.93. The van der Waals surface area contributed by atoms with Gasteiger partial charge in [-0.1, -0.05) is 13.8 Å². The van der Waals surface area contributed by atoms with Crippen molar-refractivity contribution in [3.8, 4) is 0 Å². The number of fused-ring (bicyclic) bond motifs is 1. The van der Waals surface area contributed by atoms with Gasteiger partial charge < -0.3 is 9.47 Å². The molecule has 0 saturated carbocycles. The smallest absolute Gasteiger partial charge is 0.243 e. The number of piperidine rings is 1. The summed E-state index contributed by atoms with van der Waals surface area (Å²) in [5.74, 6) is 1.63. The van der Waals surface area contributed by atoms with Crippen LogP contribution in [0, 0.1) is 5.92 Å². The number of hydrogen-bond donors (Lipinski definition) is 0. The van der Waals surface area contributed by atoms with E-state index in [1.54, 1.807) is 16.4 Å². The van der Waals surface area contributed by atoms with Gasteiger partial charge in [-0.2, -0.15) is 4.31 Å². The van der Waals surface area contributed by atoms with Crippen LogP contribution in [0.4, 0.5) is 0 Å². The predicted octanol–water partition coefficient (Wildman–Crippen LogP) is 3.42. The number of imidazole rings is 1. The van der Waals surface area contributed by atoms with E-state index in [2.05, 4.69) is 18.4 Å². The topological polar surface area (TPSA) is 75.5 Å². The second-order valence-electron chi connectivity index (χ2n) is 9.03. The quantitative estimate of drug-likeness (QED) is 0.653. The lowest BCUT2D eigenvalue weighted by Gasteiger charge is -2.31. The number of aryl methyl sites for hydroxylation is 2. The van der Waals surface area contributed by atoms with E-state index in [9.17, 15) is 13.2 Å². The van der Waals surface area contributed by atoms with E-state index in [1.165, 1.54) is 6.42 Å². The number of benzene rings is 1. The minimum atomic E-state index is -3.47. The third-order valence-corrected chi connectivity index (χ3v) is 8.42. The molecule has 2 aliphatic heterocycles. The Morgan fingerprint density at radius 1 is 1.16 bits per heavy atom. The predicted molar refractivity (Wildman–Crippen MR) is 121 cm³/mol. The molecule has 0 spiro atoms. The Balaban J connectivity index is 1.56. The van der Waals surface area contributed by atoms with Crippen LogP contribution in [0.25, 0.3) is 11.0 Å². The normalized spacial score (nSPS) is 20.6. The van der Waals surface area contributed by atoms with Gasteiger partial charge in [0.1, 0.15) is 5.82 Å². The fourth-order valence-corrected chi connectivity index (χ4v) is 6.39. The zero-order valence-corrected chi connectivity index (χ0v) is 19.5. The minimum Gasteiger partial charge on any atom is -0.342 e. The van der Waals surface area contributed by atoms with Crippen LogP contribution in [-0.4, -0.2) is 59.3 Å². The first-order valence-corrected chi connectivity index (χ1v) is 13.1. The number of aromatic nitrogens is 2. The van der Waals surface area contributed by atoms with Crippen LogP contribution in [-0.2, 0) is 27.8 Å². The molecule has 7 nitrogen and oxygen atoms in total. The summed E-state index contributed by atoms with van der Waals surface area (Å²) in [4.78, 5) is 19.8. The van der Waals surface area contributed by atoms with Crippen molar-refractivity contribution in [2.24, 2.45) is 5.92 Å². The number of amides is 1. The number of nitrogens with zero attached hydrogens (tertiary/aromatic N) is 4. The summed E-state index contributed by atoms with van der Waals surface area (Å²) in [6.45, 7) is 8.00. The first-order chi connectivity index (χ1) is 14.9. The number of sulfonamides is 1. The molecule has 2 aromatic rings. The molecule has 0 N–H and O–H groups in total. The van der Waals surface area contributed by atoms with Gasteiger partial charge in [0.2, 0.25) is 15.9 Å². The summed E-state index contributed by atoms with van der Waals surface area (Å²) in [7, 11) is -3.47. The van der Waals surface area contributed by atoms with Gasteiger partial charge in [-0.3, -0.25) is 4.79 Å². The summed E-state index contributed by atoms with van der Waals surface area (Å²) >= 11 is 0. The van der Waals surface area contributed by atoms with Crippen molar-refractivity contribution in [1.82, 2.24) is 18.8 Å². The molecule has 0 bridgehead atoms. The van der Waals surface area contributed by atoms with E-state index in [0.29, 0.717) is 42.3 Å². The Labute approximate surface area is 185 Å². The van der Waals surface area contributed by atoms with E-state index in [1.807, 2.05) is 11.0 Å². The van der Waals surface area contributed by atoms with E-state index < -0.39 is 10.0 Å². The highest BCUT2D eigenvalue weighted by atomic mass is 32.2. The summed E-state index contributed by atoms with van der Waals surface area (Å²) in [6.07, 6.45) is 6.07. The molecule has 31 heavy (non-hydrogen) atoms. The molecule has 1 unspecified atom stereocenters. The molecule has 1 aromatic carbocycles. The fraction of sp³-hybridized carbons (Fsp3) is 0.652. The molecule has 4 rings (SSSR count). The maximum atomic E-state index is 13.0. The van der Waals surface area contributed by atoms with Gasteiger partial charge in [0, 0.05) is 45.6 Å². The highest BCUT2D eigenvalue weighted by molar-refractivity contribution is 7.89. The van der Waals surface area contributed by atoms with Crippen LogP contribution in [0.15, 0.2) is 23.1 Å². The van der Waals surface area contributed by atoms with Crippen molar-refractivity contribution in [2.75, 3.05) is 26.2 Å². The van der Waals surface area contributed by atoms with Gasteiger partial charge in [-0.05, 0) is 56.2 Å². The molecule has 1 aromatic heterocycles. The van der Waals surface area contributed by atoms with Gasteiger partial charge >= 0.3 is 0 Å². The van der Waals surface area contributed by atoms with Crippen molar-refractivity contribution in [1.29, 1.82) is 0 Å². The monoisotopic (exact) mass is 446 g/mol. The Bertz CT molecular complexity index is 1040. The first kappa shape index (κ1) is 22.3. The third kappa shape index (κ3) is 4.65. The molecular weight excluding hydrogens is 412 g/mol. The molecule has 8 heteroatoms. The summed E-state index contributed by atoms with van der Waals surface area (Å²) < 4.78 is 29.6. The fourth-order valence-electron chi connectivity index (χ4n) is 4.85. The van der Waals surface area contributed by atoms with Gasteiger partial charge in [0.15, 0.2) is 0 Å². The van der Waals surface area contributed by atoms with Crippen molar-refractivity contribution < 1.29 is 13.2 Å². The van der Waals surface area contributed by atoms with Crippen molar-refractivity contribution in [2.45, 2.75) is 70.2 Å². The van der Waals surface area contributed by atoms with Crippen LogP contribution in [0.5, 0.6) is 0 Å². The summed E-state index contributed by atoms with van der Waals surface area (Å²) in [6, 6.07) is 5.28. The molecule has 0 aliphatic carbocycles. The van der Waals surface area contributed by atoms with Gasteiger partial charge in [0.05, 0.1) is 15.9 Å². The van der Waals surface area contributed by atoms with Crippen LogP contribution in [0.1, 0.15) is 58.2 Å². The molecule has 170 valence electrons. The standard InChI is InChI=1S/C23H34N4O3S/c1-3-12-27-21-9-8-19(31(29,30)26-14-4-5-15-26)16-20(21)24-22(27)10-11-23(28)25-13-6-7-18(2)17-25/h8-9,16,18H,3-7,10-15,17H2,1-2H3. The van der Waals surface area contributed by atoms with Gasteiger partial charge in [-0.15, -0.1) is 0 Å². The zero-order valence-electron chi connectivity index (χ0n) is 18.7. The first-order valence-electron chi connectivity index (χ1n) is 11.7. The van der Waals surface area contributed by atoms with Gasteiger partial charge in [0.25, 0.3) is 0 Å². The van der Waals surface area contributed by atoms with Crippen LogP contribution in [0.2, 0.25) is 0 Å². The lowest BCUT2D eigenvalue weighted by Crippen LogP contribution is -2.39. The average Bonchev–Trinajstić information content (AvgIpc) is 3.41. The number of rotatable bonds is 7. The van der Waals surface area contributed by atoms with E-state index in [0.717, 1.165) is 56.7 Å². The lowest BCUT2D eigenvalue weighted by molar-refractivity contribution is -0.132. The Kier molecular flexibility index (Phi) is 6.67. The molecule has 2 aliphatic rings. The van der Waals surface area contributed by atoms with E-state index in [-0.39, 0.29) is 5.91 Å². The maximum Gasteiger partial charge on any atom is 0.243 e. The summed E-state index contributed by atoms with van der Waals surface area (Å²) in [5, 5.41) is 0. The van der Waals surface area contributed by atoms with E-state index in [4.69, 9.17) is 4.98 Å². The molecule has 2 saturated heterocycles. The molecule has 0 radical (unpaired) electrons. The minimum absolute atomic E-state index is 0.193. The maximum absolute atomic E-state index is 13.0. The third-order valence-electron chi connectivity index (χ3n) is 6.52. The SMILES string of the molecule is CCCn1c(CCC(=O)N2CCCC(C)C2)nc2cc(S(=O)(=O)N3CCCC3)ccc21. The van der Waals surface area contributed by atoms with Gasteiger partial charge in [-0.25, -0.2) is 13.4 Å². The van der Waals surface area contributed by atoms with Crippen molar-refractivity contribution in [3.63, 3.8) is 0 Å². The highest BCUT2D eigenvalue weighted by Crippen LogP contribution is 2.26. The number of carbonyl (C=O) groups excluding carboxylic acids is 1. The largest absolute Gasteiger partial charge is 0.342 e. The second-order valence-corrected chi connectivity index (χ2v) is 11.0. The number of likely N-dealkylation sites (tertiary alicyclic amines) is 1. The molecule has 2 fully saturated rings. The second kappa shape index (κ2) is 9.28.